The van der Waals surface area contributed by atoms with Gasteiger partial charge < -0.3 is 9.47 Å². The first-order valence-electron chi connectivity index (χ1n) is 10.5. The maximum Gasteiger partial charge on any atom is 0.417 e. The Morgan fingerprint density at radius 2 is 1.78 bits per heavy atom. The second-order valence-electron chi connectivity index (χ2n) is 7.83. The lowest BCUT2D eigenvalue weighted by atomic mass is 9.96. The maximum atomic E-state index is 14.8. The second kappa shape index (κ2) is 9.64. The number of carbonyl (C=O) groups is 2. The van der Waals surface area contributed by atoms with Gasteiger partial charge in [0.15, 0.2) is 0 Å². The van der Waals surface area contributed by atoms with Gasteiger partial charge in [0.1, 0.15) is 30.8 Å². The van der Waals surface area contributed by atoms with E-state index >= 15 is 0 Å². The van der Waals surface area contributed by atoms with Crippen molar-refractivity contribution in [3.05, 3.63) is 101 Å². The molecular weight excluding hydrogens is 409 g/mol. The molecule has 0 aromatic heterocycles. The molecule has 3 aromatic carbocycles. The summed E-state index contributed by atoms with van der Waals surface area (Å²) in [6, 6.07) is 23.1. The fraction of sp³-hybridized carbons (Fsp3) is 0.231. The van der Waals surface area contributed by atoms with Crippen LogP contribution in [0, 0.1) is 5.82 Å². The molecule has 3 aromatic rings. The number of ether oxygens (including phenoxy) is 2. The largest absolute Gasteiger partial charge is 0.489 e. The van der Waals surface area contributed by atoms with Gasteiger partial charge in [0.2, 0.25) is 5.91 Å². The molecule has 164 valence electrons. The Morgan fingerprint density at radius 3 is 2.47 bits per heavy atom. The molecule has 0 radical (unpaired) electrons. The van der Waals surface area contributed by atoms with Gasteiger partial charge in [-0.15, -0.1) is 0 Å². The van der Waals surface area contributed by atoms with Crippen molar-refractivity contribution in [3.63, 3.8) is 0 Å². The van der Waals surface area contributed by atoms with Crippen LogP contribution in [0.3, 0.4) is 0 Å². The second-order valence-corrected chi connectivity index (χ2v) is 7.83. The minimum atomic E-state index is -0.666. The summed E-state index contributed by atoms with van der Waals surface area (Å²) in [4.78, 5) is 26.3. The summed E-state index contributed by atoms with van der Waals surface area (Å²) in [6.45, 7) is 2.22. The van der Waals surface area contributed by atoms with Gasteiger partial charge in [-0.3, -0.25) is 4.79 Å². The maximum absolute atomic E-state index is 14.8. The molecule has 2 amide bonds. The van der Waals surface area contributed by atoms with Crippen LogP contribution in [-0.4, -0.2) is 23.5 Å². The van der Waals surface area contributed by atoms with E-state index in [9.17, 15) is 14.0 Å². The number of benzene rings is 3. The highest BCUT2D eigenvalue weighted by Crippen LogP contribution is 2.32. The lowest BCUT2D eigenvalue weighted by Crippen LogP contribution is -2.34. The number of halogens is 1. The lowest BCUT2D eigenvalue weighted by Gasteiger charge is -2.22. The number of hydrogen-bond donors (Lipinski definition) is 0. The lowest BCUT2D eigenvalue weighted by molar-refractivity contribution is -0.129. The standard InChI is InChI=1S/C26H24FNO4/c1-18(14-25(29)28-24(17-32-26(28)30)20-10-6-3-7-11-20)22-13-12-21(15-23(22)27)31-16-19-8-4-2-5-9-19/h2-13,15,18,24H,14,16-17H2,1H3. The number of amides is 2. The topological polar surface area (TPSA) is 55.8 Å². The Hall–Kier alpha value is -3.67. The Bertz CT molecular complexity index is 1090. The van der Waals surface area contributed by atoms with E-state index in [0.717, 1.165) is 16.0 Å². The van der Waals surface area contributed by atoms with Crippen LogP contribution >= 0.6 is 0 Å². The molecule has 4 rings (SSSR count). The SMILES string of the molecule is CC(CC(=O)N1C(=O)OCC1c1ccccc1)c1ccc(OCc2ccccc2)cc1F. The Kier molecular flexibility index (Phi) is 6.50. The summed E-state index contributed by atoms with van der Waals surface area (Å²) in [7, 11) is 0. The molecule has 1 aliphatic rings. The van der Waals surface area contributed by atoms with Gasteiger partial charge in [0.25, 0.3) is 0 Å². The van der Waals surface area contributed by atoms with Crippen LogP contribution < -0.4 is 4.74 Å². The van der Waals surface area contributed by atoms with Gasteiger partial charge in [0, 0.05) is 12.5 Å². The molecule has 0 bridgehead atoms. The van der Waals surface area contributed by atoms with Gasteiger partial charge in [0.05, 0.1) is 0 Å². The molecular formula is C26H24FNO4. The third-order valence-electron chi connectivity index (χ3n) is 5.56. The zero-order valence-corrected chi connectivity index (χ0v) is 17.7. The van der Waals surface area contributed by atoms with Crippen LogP contribution in [0.5, 0.6) is 5.75 Å². The van der Waals surface area contributed by atoms with Crippen LogP contribution in [0.1, 0.15) is 42.0 Å². The molecule has 0 N–H and O–H groups in total. The van der Waals surface area contributed by atoms with Gasteiger partial charge in [-0.2, -0.15) is 0 Å². The average Bonchev–Trinajstić information content (AvgIpc) is 3.20. The van der Waals surface area contributed by atoms with Crippen LogP contribution in [0.4, 0.5) is 9.18 Å². The van der Waals surface area contributed by atoms with Gasteiger partial charge in [-0.05, 0) is 28.7 Å². The molecule has 6 heteroatoms. The molecule has 1 fully saturated rings. The van der Waals surface area contributed by atoms with Crippen LogP contribution in [0.2, 0.25) is 0 Å². The summed E-state index contributed by atoms with van der Waals surface area (Å²) >= 11 is 0. The van der Waals surface area contributed by atoms with Crippen molar-refractivity contribution in [3.8, 4) is 5.75 Å². The fourth-order valence-corrected chi connectivity index (χ4v) is 3.83. The van der Waals surface area contributed by atoms with E-state index in [0.29, 0.717) is 17.9 Å². The number of cyclic esters (lactones) is 1. The molecule has 32 heavy (non-hydrogen) atoms. The molecule has 2 atom stereocenters. The number of imide groups is 1. The summed E-state index contributed by atoms with van der Waals surface area (Å²) in [6.07, 6.45) is -0.680. The average molecular weight is 433 g/mol. The highest BCUT2D eigenvalue weighted by molar-refractivity contribution is 5.94. The summed E-state index contributed by atoms with van der Waals surface area (Å²) < 4.78 is 25.6. The summed E-state index contributed by atoms with van der Waals surface area (Å²) in [5.74, 6) is -0.839. The highest BCUT2D eigenvalue weighted by Gasteiger charge is 2.39. The van der Waals surface area contributed by atoms with E-state index in [1.54, 1.807) is 19.1 Å². The Labute approximate surface area is 186 Å². The first-order valence-corrected chi connectivity index (χ1v) is 10.5. The molecule has 1 heterocycles. The minimum absolute atomic E-state index is 0.0143. The zero-order valence-electron chi connectivity index (χ0n) is 17.7. The van der Waals surface area contributed by atoms with E-state index in [1.165, 1.54) is 6.07 Å². The first kappa shape index (κ1) is 21.6. The predicted molar refractivity (Wildman–Crippen MR) is 118 cm³/mol. The third-order valence-corrected chi connectivity index (χ3v) is 5.56. The van der Waals surface area contributed by atoms with E-state index in [2.05, 4.69) is 0 Å². The molecule has 0 spiro atoms. The van der Waals surface area contributed by atoms with E-state index < -0.39 is 29.8 Å². The van der Waals surface area contributed by atoms with Crippen LogP contribution in [-0.2, 0) is 16.1 Å². The molecule has 0 saturated carbocycles. The van der Waals surface area contributed by atoms with Crippen molar-refractivity contribution in [1.29, 1.82) is 0 Å². The molecule has 5 nitrogen and oxygen atoms in total. The fourth-order valence-electron chi connectivity index (χ4n) is 3.83. The highest BCUT2D eigenvalue weighted by atomic mass is 19.1. The minimum Gasteiger partial charge on any atom is -0.489 e. The quantitative estimate of drug-likeness (QED) is 0.485. The predicted octanol–water partition coefficient (Wildman–Crippen LogP) is 5.62. The van der Waals surface area contributed by atoms with E-state index in [4.69, 9.17) is 9.47 Å². The third kappa shape index (κ3) is 4.80. The van der Waals surface area contributed by atoms with Crippen molar-refractivity contribution in [2.45, 2.75) is 31.9 Å². The number of carbonyl (C=O) groups excluding carboxylic acids is 2. The van der Waals surface area contributed by atoms with E-state index in [1.807, 2.05) is 60.7 Å². The Balaban J connectivity index is 1.42. The molecule has 1 saturated heterocycles. The van der Waals surface area contributed by atoms with Gasteiger partial charge >= 0.3 is 6.09 Å². The Morgan fingerprint density at radius 1 is 1.09 bits per heavy atom. The van der Waals surface area contributed by atoms with Gasteiger partial charge in [-0.1, -0.05) is 73.7 Å². The van der Waals surface area contributed by atoms with Crippen molar-refractivity contribution in [2.75, 3.05) is 6.61 Å². The first-order chi connectivity index (χ1) is 15.5. The zero-order chi connectivity index (χ0) is 22.5. The van der Waals surface area contributed by atoms with Crippen LogP contribution in [0.25, 0.3) is 0 Å². The molecule has 0 aliphatic carbocycles. The smallest absolute Gasteiger partial charge is 0.417 e. The normalized spacial score (nSPS) is 16.5. The number of hydrogen-bond acceptors (Lipinski definition) is 4. The summed E-state index contributed by atoms with van der Waals surface area (Å²) in [5, 5.41) is 0. The summed E-state index contributed by atoms with van der Waals surface area (Å²) in [5.41, 5.74) is 2.21. The van der Waals surface area contributed by atoms with Crippen molar-refractivity contribution in [2.24, 2.45) is 0 Å². The molecule has 2 unspecified atom stereocenters. The van der Waals surface area contributed by atoms with E-state index in [-0.39, 0.29) is 13.0 Å². The number of rotatable bonds is 7. The monoisotopic (exact) mass is 433 g/mol. The molecule has 1 aliphatic heterocycles. The van der Waals surface area contributed by atoms with Crippen molar-refractivity contribution in [1.82, 2.24) is 4.90 Å². The number of nitrogens with zero attached hydrogens (tertiary/aromatic N) is 1. The van der Waals surface area contributed by atoms with Crippen LogP contribution in [0.15, 0.2) is 78.9 Å². The van der Waals surface area contributed by atoms with Crippen molar-refractivity contribution < 1.29 is 23.5 Å². The van der Waals surface area contributed by atoms with Crippen molar-refractivity contribution >= 4 is 12.0 Å². The van der Waals surface area contributed by atoms with Gasteiger partial charge in [-0.25, -0.2) is 14.1 Å².